The van der Waals surface area contributed by atoms with Gasteiger partial charge in [0.15, 0.2) is 0 Å². The lowest BCUT2D eigenvalue weighted by atomic mass is 10.1. The Hall–Kier alpha value is -1.61. The molecule has 116 valence electrons. The van der Waals surface area contributed by atoms with Gasteiger partial charge in [-0.1, -0.05) is 25.1 Å². The van der Waals surface area contributed by atoms with E-state index in [9.17, 15) is 13.2 Å². The number of carbonyl (C=O) groups is 1. The molecule has 0 aliphatic carbocycles. The van der Waals surface area contributed by atoms with E-state index in [2.05, 4.69) is 4.72 Å². The molecule has 0 aliphatic heterocycles. The first-order valence-electron chi connectivity index (χ1n) is 6.48. The Morgan fingerprint density at radius 3 is 2.50 bits per heavy atom. The number of carboxylic acids is 1. The van der Waals surface area contributed by atoms with Crippen LogP contribution in [-0.2, 0) is 16.4 Å². The highest BCUT2D eigenvalue weighted by Crippen LogP contribution is 2.24. The third kappa shape index (κ3) is 3.58. The van der Waals surface area contributed by atoms with Crippen LogP contribution in [0.25, 0.3) is 0 Å². The molecule has 0 fully saturated rings. The molecule has 2 N–H and O–H groups in total. The van der Waals surface area contributed by atoms with Crippen molar-refractivity contribution in [2.24, 2.45) is 0 Å². The van der Waals surface area contributed by atoms with Gasteiger partial charge in [-0.05, 0) is 58.8 Å². The smallest absolute Gasteiger partial charge is 0.335 e. The van der Waals surface area contributed by atoms with Gasteiger partial charge in [0.1, 0.15) is 0 Å². The van der Waals surface area contributed by atoms with Crippen molar-refractivity contribution in [2.75, 3.05) is 4.72 Å². The van der Waals surface area contributed by atoms with Crippen molar-refractivity contribution < 1.29 is 18.3 Å². The second-order valence-corrected chi connectivity index (χ2v) is 7.38. The molecule has 0 aromatic heterocycles. The molecular weight excluding hydrogens is 417 g/mol. The molecule has 2 rings (SSSR count). The van der Waals surface area contributed by atoms with Crippen molar-refractivity contribution >= 4 is 44.3 Å². The number of hydrogen-bond donors (Lipinski definition) is 2. The second kappa shape index (κ2) is 6.66. The molecule has 5 nitrogen and oxygen atoms in total. The van der Waals surface area contributed by atoms with Gasteiger partial charge in [-0.15, -0.1) is 0 Å². The van der Waals surface area contributed by atoms with Gasteiger partial charge in [0.05, 0.1) is 16.1 Å². The highest BCUT2D eigenvalue weighted by atomic mass is 127. The Balaban J connectivity index is 2.51. The maximum Gasteiger partial charge on any atom is 0.335 e. The first-order valence-corrected chi connectivity index (χ1v) is 9.05. The maximum atomic E-state index is 12.6. The average Bonchev–Trinajstić information content (AvgIpc) is 2.48. The first-order chi connectivity index (χ1) is 10.3. The third-order valence-electron chi connectivity index (χ3n) is 3.10. The van der Waals surface area contributed by atoms with E-state index in [1.165, 1.54) is 18.2 Å². The molecule has 7 heteroatoms. The molecule has 0 aliphatic rings. The number of nitrogens with one attached hydrogen (secondary N) is 1. The van der Waals surface area contributed by atoms with Crippen LogP contribution in [0.1, 0.15) is 22.8 Å². The number of carboxylic acid groups (broad SMARTS) is 1. The fourth-order valence-electron chi connectivity index (χ4n) is 1.97. The van der Waals surface area contributed by atoms with Crippen LogP contribution in [0.2, 0.25) is 0 Å². The van der Waals surface area contributed by atoms with Crippen LogP contribution >= 0.6 is 22.6 Å². The average molecular weight is 431 g/mol. The molecule has 0 radical (unpaired) electrons. The number of para-hydroxylation sites is 1. The van der Waals surface area contributed by atoms with Gasteiger partial charge >= 0.3 is 5.97 Å². The van der Waals surface area contributed by atoms with Crippen LogP contribution in [0.4, 0.5) is 5.69 Å². The predicted molar refractivity (Wildman–Crippen MR) is 92.7 cm³/mol. The van der Waals surface area contributed by atoms with E-state index in [1.54, 1.807) is 18.2 Å². The van der Waals surface area contributed by atoms with Crippen LogP contribution in [0.5, 0.6) is 0 Å². The second-order valence-electron chi connectivity index (χ2n) is 4.57. The fraction of sp³-hybridized carbons (Fsp3) is 0.133. The summed E-state index contributed by atoms with van der Waals surface area (Å²) in [6.07, 6.45) is 0.488. The fourth-order valence-corrected chi connectivity index (χ4v) is 4.10. The lowest BCUT2D eigenvalue weighted by molar-refractivity contribution is 0.0696. The van der Waals surface area contributed by atoms with E-state index < -0.39 is 16.0 Å². The number of aromatic carboxylic acids is 1. The molecule has 0 atom stereocenters. The van der Waals surface area contributed by atoms with E-state index in [4.69, 9.17) is 5.11 Å². The van der Waals surface area contributed by atoms with Gasteiger partial charge < -0.3 is 5.11 Å². The van der Waals surface area contributed by atoms with E-state index in [1.807, 2.05) is 35.6 Å². The quantitative estimate of drug-likeness (QED) is 0.712. The Kier molecular flexibility index (Phi) is 5.07. The highest BCUT2D eigenvalue weighted by molar-refractivity contribution is 14.1. The maximum absolute atomic E-state index is 12.6. The standard InChI is InChI=1S/C15H14INO4S/c1-2-10-7-8-11(15(18)19)9-14(10)22(20,21)17-13-6-4-3-5-12(13)16/h3-9,17H,2H2,1H3,(H,18,19). The van der Waals surface area contributed by atoms with E-state index in [0.29, 0.717) is 17.7 Å². The van der Waals surface area contributed by atoms with Crippen LogP contribution in [0, 0.1) is 3.57 Å². The monoisotopic (exact) mass is 431 g/mol. The predicted octanol–water partition coefficient (Wildman–Crippen LogP) is 3.35. The topological polar surface area (TPSA) is 83.5 Å². The molecule has 2 aromatic carbocycles. The molecule has 0 saturated heterocycles. The van der Waals surface area contributed by atoms with Gasteiger partial charge in [0, 0.05) is 3.57 Å². The minimum atomic E-state index is -3.85. The van der Waals surface area contributed by atoms with Crippen molar-refractivity contribution in [3.05, 3.63) is 57.2 Å². The summed E-state index contributed by atoms with van der Waals surface area (Å²) < 4.78 is 28.5. The number of halogens is 1. The third-order valence-corrected chi connectivity index (χ3v) is 5.49. The van der Waals surface area contributed by atoms with E-state index in [-0.39, 0.29) is 10.5 Å². The van der Waals surface area contributed by atoms with Crippen molar-refractivity contribution in [3.63, 3.8) is 0 Å². The number of sulfonamides is 1. The van der Waals surface area contributed by atoms with Crippen molar-refractivity contribution in [1.29, 1.82) is 0 Å². The molecule has 2 aromatic rings. The van der Waals surface area contributed by atoms with Crippen LogP contribution in [-0.4, -0.2) is 19.5 Å². The highest BCUT2D eigenvalue weighted by Gasteiger charge is 2.20. The van der Waals surface area contributed by atoms with Gasteiger partial charge in [-0.3, -0.25) is 4.72 Å². The number of benzene rings is 2. The summed E-state index contributed by atoms with van der Waals surface area (Å²) in [4.78, 5) is 11.1. The molecule has 0 spiro atoms. The number of hydrogen-bond acceptors (Lipinski definition) is 3. The molecule has 0 bridgehead atoms. The summed E-state index contributed by atoms with van der Waals surface area (Å²) in [5.41, 5.74) is 0.981. The molecular formula is C15H14INO4S. The Bertz CT molecular complexity index is 818. The lowest BCUT2D eigenvalue weighted by Gasteiger charge is -2.13. The van der Waals surface area contributed by atoms with Crippen LogP contribution < -0.4 is 4.72 Å². The van der Waals surface area contributed by atoms with Crippen molar-refractivity contribution in [1.82, 2.24) is 0 Å². The first kappa shape index (κ1) is 16.8. The number of anilines is 1. The van der Waals surface area contributed by atoms with Crippen molar-refractivity contribution in [2.45, 2.75) is 18.2 Å². The summed E-state index contributed by atoms with van der Waals surface area (Å²) in [5.74, 6) is -1.16. The van der Waals surface area contributed by atoms with Crippen LogP contribution in [0.3, 0.4) is 0 Å². The lowest BCUT2D eigenvalue weighted by Crippen LogP contribution is -2.16. The molecule has 0 heterocycles. The van der Waals surface area contributed by atoms with E-state index >= 15 is 0 Å². The number of aryl methyl sites for hydroxylation is 1. The molecule has 0 amide bonds. The molecule has 22 heavy (non-hydrogen) atoms. The molecule has 0 unspecified atom stereocenters. The summed E-state index contributed by atoms with van der Waals surface area (Å²) in [5, 5.41) is 9.06. The summed E-state index contributed by atoms with van der Waals surface area (Å²) in [6.45, 7) is 1.82. The Morgan fingerprint density at radius 1 is 1.23 bits per heavy atom. The Labute approximate surface area is 142 Å². The van der Waals surface area contributed by atoms with Crippen LogP contribution in [0.15, 0.2) is 47.4 Å². The largest absolute Gasteiger partial charge is 0.478 e. The van der Waals surface area contributed by atoms with E-state index in [0.717, 1.165) is 3.57 Å². The van der Waals surface area contributed by atoms with Gasteiger partial charge in [0.2, 0.25) is 0 Å². The zero-order chi connectivity index (χ0) is 16.3. The van der Waals surface area contributed by atoms with Crippen molar-refractivity contribution in [3.8, 4) is 0 Å². The number of rotatable bonds is 5. The summed E-state index contributed by atoms with van der Waals surface area (Å²) in [7, 11) is -3.85. The Morgan fingerprint density at radius 2 is 1.91 bits per heavy atom. The van der Waals surface area contributed by atoms with Gasteiger partial charge in [0.25, 0.3) is 10.0 Å². The van der Waals surface area contributed by atoms with Gasteiger partial charge in [-0.25, -0.2) is 13.2 Å². The minimum absolute atomic E-state index is 0.00504. The minimum Gasteiger partial charge on any atom is -0.478 e. The zero-order valence-corrected chi connectivity index (χ0v) is 14.7. The normalized spacial score (nSPS) is 11.2. The summed E-state index contributed by atoms with van der Waals surface area (Å²) in [6, 6.07) is 11.1. The van der Waals surface area contributed by atoms with Gasteiger partial charge in [-0.2, -0.15) is 0 Å². The SMILES string of the molecule is CCc1ccc(C(=O)O)cc1S(=O)(=O)Nc1ccccc1I. The molecule has 0 saturated carbocycles. The zero-order valence-electron chi connectivity index (χ0n) is 11.7. The summed E-state index contributed by atoms with van der Waals surface area (Å²) >= 11 is 2.03.